The molecular weight excluding hydrogens is 190 g/mol. The van der Waals surface area contributed by atoms with Gasteiger partial charge in [0.15, 0.2) is 0 Å². The summed E-state index contributed by atoms with van der Waals surface area (Å²) in [6, 6.07) is 7.36. The number of benzene rings is 1. The maximum absolute atomic E-state index is 10.4. The van der Waals surface area contributed by atoms with Crippen LogP contribution >= 0.6 is 0 Å². The summed E-state index contributed by atoms with van der Waals surface area (Å²) in [7, 11) is -3.84. The van der Waals surface area contributed by atoms with Crippen molar-refractivity contribution in [3.63, 3.8) is 0 Å². The molecule has 0 aliphatic rings. The minimum atomic E-state index is -3.84. The summed E-state index contributed by atoms with van der Waals surface area (Å²) < 4.78 is 25.3. The van der Waals surface area contributed by atoms with E-state index in [-0.39, 0.29) is 6.61 Å². The molecule has 1 rings (SSSR count). The van der Waals surface area contributed by atoms with Crippen LogP contribution in [0, 0.1) is 6.92 Å². The monoisotopic (exact) mass is 201 g/mol. The van der Waals surface area contributed by atoms with Crippen molar-refractivity contribution in [1.29, 1.82) is 0 Å². The minimum absolute atomic E-state index is 0.0134. The molecule has 2 N–H and O–H groups in total. The summed E-state index contributed by atoms with van der Waals surface area (Å²) in [5, 5.41) is 4.67. The highest BCUT2D eigenvalue weighted by Gasteiger charge is 2.02. The van der Waals surface area contributed by atoms with Crippen molar-refractivity contribution in [2.45, 2.75) is 13.5 Å². The van der Waals surface area contributed by atoms with Crippen LogP contribution in [0.15, 0.2) is 24.3 Å². The molecule has 0 radical (unpaired) electrons. The first-order chi connectivity index (χ1) is 5.97. The molecule has 72 valence electrons. The predicted molar refractivity (Wildman–Crippen MR) is 49.1 cm³/mol. The van der Waals surface area contributed by atoms with Crippen LogP contribution in [0.25, 0.3) is 0 Å². The third-order valence-corrected chi connectivity index (χ3v) is 1.92. The van der Waals surface area contributed by atoms with Gasteiger partial charge in [0.2, 0.25) is 0 Å². The number of hydrogen-bond donors (Lipinski definition) is 1. The second-order valence-corrected chi connectivity index (χ2v) is 3.97. The smallest absolute Gasteiger partial charge is 0.253 e. The van der Waals surface area contributed by atoms with E-state index in [9.17, 15) is 8.42 Å². The molecule has 0 saturated carbocycles. The van der Waals surface area contributed by atoms with E-state index < -0.39 is 10.3 Å². The Morgan fingerprint density at radius 2 is 2.15 bits per heavy atom. The van der Waals surface area contributed by atoms with Gasteiger partial charge in [-0.3, -0.25) is 4.18 Å². The van der Waals surface area contributed by atoms with Crippen molar-refractivity contribution in [3.05, 3.63) is 35.4 Å². The Balaban J connectivity index is 2.65. The average Bonchev–Trinajstić information content (AvgIpc) is 2.00. The predicted octanol–water partition coefficient (Wildman–Crippen LogP) is 0.715. The first-order valence-corrected chi connectivity index (χ1v) is 5.17. The van der Waals surface area contributed by atoms with Crippen LogP contribution in [0.1, 0.15) is 11.1 Å². The lowest BCUT2D eigenvalue weighted by Crippen LogP contribution is -2.15. The lowest BCUT2D eigenvalue weighted by atomic mass is 10.1. The molecule has 0 spiro atoms. The van der Waals surface area contributed by atoms with E-state index in [1.807, 2.05) is 25.1 Å². The fraction of sp³-hybridized carbons (Fsp3) is 0.250. The van der Waals surface area contributed by atoms with Gasteiger partial charge in [0.05, 0.1) is 6.61 Å². The Bertz CT molecular complexity index is 386. The Morgan fingerprint density at radius 3 is 2.69 bits per heavy atom. The maximum Gasteiger partial charge on any atom is 0.333 e. The molecule has 4 nitrogen and oxygen atoms in total. The average molecular weight is 201 g/mol. The van der Waals surface area contributed by atoms with Gasteiger partial charge >= 0.3 is 10.3 Å². The molecule has 0 aliphatic carbocycles. The minimum Gasteiger partial charge on any atom is -0.253 e. The number of aryl methyl sites for hydroxylation is 1. The number of rotatable bonds is 3. The van der Waals surface area contributed by atoms with E-state index in [1.165, 1.54) is 0 Å². The molecule has 0 atom stereocenters. The van der Waals surface area contributed by atoms with Gasteiger partial charge in [-0.05, 0) is 12.5 Å². The van der Waals surface area contributed by atoms with Crippen molar-refractivity contribution in [2.75, 3.05) is 0 Å². The molecule has 5 heteroatoms. The highest BCUT2D eigenvalue weighted by Crippen LogP contribution is 2.05. The van der Waals surface area contributed by atoms with Crippen molar-refractivity contribution >= 4 is 10.3 Å². The van der Waals surface area contributed by atoms with Crippen LogP contribution in [-0.4, -0.2) is 8.42 Å². The Morgan fingerprint density at radius 1 is 1.46 bits per heavy atom. The highest BCUT2D eigenvalue weighted by molar-refractivity contribution is 7.84. The summed E-state index contributed by atoms with van der Waals surface area (Å²) in [5.74, 6) is 0. The van der Waals surface area contributed by atoms with Crippen LogP contribution in [0.4, 0.5) is 0 Å². The van der Waals surface area contributed by atoms with E-state index in [0.29, 0.717) is 0 Å². The SMILES string of the molecule is Cc1cccc(COS(N)(=O)=O)c1. The molecule has 13 heavy (non-hydrogen) atoms. The van der Waals surface area contributed by atoms with Crippen LogP contribution in [-0.2, 0) is 21.1 Å². The Hall–Kier alpha value is -0.910. The molecule has 0 amide bonds. The fourth-order valence-corrected chi connectivity index (χ4v) is 1.25. The molecule has 0 heterocycles. The zero-order chi connectivity index (χ0) is 9.90. The van der Waals surface area contributed by atoms with Gasteiger partial charge in [-0.25, -0.2) is 5.14 Å². The van der Waals surface area contributed by atoms with E-state index in [0.717, 1.165) is 11.1 Å². The summed E-state index contributed by atoms with van der Waals surface area (Å²) in [4.78, 5) is 0. The van der Waals surface area contributed by atoms with Gasteiger partial charge < -0.3 is 0 Å². The van der Waals surface area contributed by atoms with E-state index in [2.05, 4.69) is 9.32 Å². The molecule has 0 unspecified atom stereocenters. The largest absolute Gasteiger partial charge is 0.333 e. The molecule has 0 aromatic heterocycles. The lowest BCUT2D eigenvalue weighted by Gasteiger charge is -2.01. The second kappa shape index (κ2) is 3.87. The third-order valence-electron chi connectivity index (χ3n) is 1.47. The van der Waals surface area contributed by atoms with Crippen LogP contribution in [0.2, 0.25) is 0 Å². The molecule has 0 aliphatic heterocycles. The highest BCUT2D eigenvalue weighted by atomic mass is 32.2. The number of hydrogen-bond acceptors (Lipinski definition) is 3. The van der Waals surface area contributed by atoms with Gasteiger partial charge in [0.1, 0.15) is 0 Å². The van der Waals surface area contributed by atoms with Gasteiger partial charge in [-0.15, -0.1) is 0 Å². The molecule has 0 bridgehead atoms. The van der Waals surface area contributed by atoms with Crippen molar-refractivity contribution < 1.29 is 12.6 Å². The zero-order valence-corrected chi connectivity index (χ0v) is 8.04. The van der Waals surface area contributed by atoms with Crippen molar-refractivity contribution in [1.82, 2.24) is 0 Å². The van der Waals surface area contributed by atoms with Crippen molar-refractivity contribution in [2.24, 2.45) is 5.14 Å². The summed E-state index contributed by atoms with van der Waals surface area (Å²) in [6.07, 6.45) is 0. The Labute approximate surface area is 77.6 Å². The maximum atomic E-state index is 10.4. The quantitative estimate of drug-likeness (QED) is 0.783. The zero-order valence-electron chi connectivity index (χ0n) is 7.23. The lowest BCUT2D eigenvalue weighted by molar-refractivity contribution is 0.308. The summed E-state index contributed by atoms with van der Waals surface area (Å²) in [5.41, 5.74) is 1.84. The van der Waals surface area contributed by atoms with E-state index >= 15 is 0 Å². The van der Waals surface area contributed by atoms with Gasteiger partial charge in [0, 0.05) is 0 Å². The number of nitrogens with two attached hydrogens (primary N) is 1. The molecule has 1 aromatic rings. The van der Waals surface area contributed by atoms with Gasteiger partial charge in [0.25, 0.3) is 0 Å². The van der Waals surface area contributed by atoms with E-state index in [1.54, 1.807) is 6.07 Å². The van der Waals surface area contributed by atoms with Crippen LogP contribution in [0.3, 0.4) is 0 Å². The Kier molecular flexibility index (Phi) is 3.02. The molecule has 0 fully saturated rings. The molecule has 0 saturated heterocycles. The van der Waals surface area contributed by atoms with Crippen molar-refractivity contribution in [3.8, 4) is 0 Å². The van der Waals surface area contributed by atoms with Gasteiger partial charge in [-0.1, -0.05) is 29.8 Å². The topological polar surface area (TPSA) is 69.4 Å². The van der Waals surface area contributed by atoms with Crippen LogP contribution in [0.5, 0.6) is 0 Å². The molecular formula is C8H11NO3S. The first-order valence-electron chi connectivity index (χ1n) is 3.70. The first kappa shape index (κ1) is 10.2. The fourth-order valence-electron chi connectivity index (χ4n) is 0.952. The molecule has 1 aromatic carbocycles. The standard InChI is InChI=1S/C8H11NO3S/c1-7-3-2-4-8(5-7)6-12-13(9,10)11/h2-5H,6H2,1H3,(H2,9,10,11). The summed E-state index contributed by atoms with van der Waals surface area (Å²) >= 11 is 0. The van der Waals surface area contributed by atoms with E-state index in [4.69, 9.17) is 0 Å². The normalized spacial score (nSPS) is 11.5. The van der Waals surface area contributed by atoms with Gasteiger partial charge in [-0.2, -0.15) is 8.42 Å². The van der Waals surface area contributed by atoms with Crippen LogP contribution < -0.4 is 5.14 Å². The second-order valence-electron chi connectivity index (χ2n) is 2.74. The third kappa shape index (κ3) is 4.02. The summed E-state index contributed by atoms with van der Waals surface area (Å²) in [6.45, 7) is 1.90.